The highest BCUT2D eigenvalue weighted by molar-refractivity contribution is 5.70. The van der Waals surface area contributed by atoms with Gasteiger partial charge in [-0.25, -0.2) is 0 Å². The lowest BCUT2D eigenvalue weighted by molar-refractivity contribution is -0.275. The first-order chi connectivity index (χ1) is 16.9. The second kappa shape index (κ2) is 10.9. The summed E-state index contributed by atoms with van der Waals surface area (Å²) in [5, 5.41) is 9.62. The summed E-state index contributed by atoms with van der Waals surface area (Å²) in [7, 11) is 0. The van der Waals surface area contributed by atoms with Gasteiger partial charge in [0.15, 0.2) is 0 Å². The highest BCUT2D eigenvalue weighted by Gasteiger charge is 2.32. The molecule has 0 aliphatic heterocycles. The normalized spacial score (nSPS) is 11.2. The van der Waals surface area contributed by atoms with Crippen LogP contribution in [0.15, 0.2) is 91.0 Å². The summed E-state index contributed by atoms with van der Waals surface area (Å²) in [4.78, 5) is 4.50. The molecule has 1 heterocycles. The molecule has 0 aliphatic carbocycles. The summed E-state index contributed by atoms with van der Waals surface area (Å²) in [6, 6.07) is 26.5. The minimum atomic E-state index is -4.87. The monoisotopic (exact) mass is 481 g/mol. The van der Waals surface area contributed by atoms with Crippen molar-refractivity contribution < 1.29 is 32.5 Å². The Bertz CT molecular complexity index is 1250. The van der Waals surface area contributed by atoms with Gasteiger partial charge in [0, 0.05) is 17.2 Å². The minimum absolute atomic E-state index is 0.0155. The van der Waals surface area contributed by atoms with Gasteiger partial charge in [-0.2, -0.15) is 4.98 Å². The number of alkyl halides is 3. The number of rotatable bonds is 9. The second-order valence-electron chi connectivity index (χ2n) is 7.58. The molecule has 4 aromatic rings. The fourth-order valence-corrected chi connectivity index (χ4v) is 3.39. The number of nitrogens with zero attached hydrogens (tertiary/aromatic N) is 1. The Morgan fingerprint density at radius 3 is 1.97 bits per heavy atom. The third-order valence-electron chi connectivity index (χ3n) is 5.05. The molecule has 0 bridgehead atoms. The van der Waals surface area contributed by atoms with Crippen molar-refractivity contribution in [3.63, 3.8) is 0 Å². The van der Waals surface area contributed by atoms with Crippen LogP contribution >= 0.6 is 0 Å². The standard InChI is InChI=1S/C27H22F3NO4/c28-27(29,30)35-24-13-11-21(15-22(24)16-32)23-12-14-25(33-17-19-7-3-1-4-8-19)31-26(23)34-18-20-9-5-2-6-10-20/h1-15,32H,16-18H2. The summed E-state index contributed by atoms with van der Waals surface area (Å²) in [5.74, 6) is 0.110. The Morgan fingerprint density at radius 1 is 0.743 bits per heavy atom. The number of hydrogen-bond acceptors (Lipinski definition) is 5. The maximum absolute atomic E-state index is 12.7. The number of aliphatic hydroxyl groups excluding tert-OH is 1. The van der Waals surface area contributed by atoms with Gasteiger partial charge in [-0.3, -0.25) is 0 Å². The summed E-state index contributed by atoms with van der Waals surface area (Å²) in [5.41, 5.74) is 2.91. The van der Waals surface area contributed by atoms with Gasteiger partial charge in [0.1, 0.15) is 19.0 Å². The lowest BCUT2D eigenvalue weighted by Gasteiger charge is -2.16. The van der Waals surface area contributed by atoms with E-state index in [1.165, 1.54) is 12.1 Å². The molecule has 5 nitrogen and oxygen atoms in total. The molecule has 0 fully saturated rings. The number of benzene rings is 3. The zero-order valence-corrected chi connectivity index (χ0v) is 18.5. The Kier molecular flexibility index (Phi) is 7.52. The van der Waals surface area contributed by atoms with Crippen molar-refractivity contribution in [2.45, 2.75) is 26.2 Å². The van der Waals surface area contributed by atoms with Crippen LogP contribution in [0.25, 0.3) is 11.1 Å². The third kappa shape index (κ3) is 6.74. The van der Waals surface area contributed by atoms with Gasteiger partial charge in [-0.05, 0) is 34.9 Å². The average molecular weight is 481 g/mol. The SMILES string of the molecule is OCc1cc(-c2ccc(OCc3ccccc3)nc2OCc2ccccc2)ccc1OC(F)(F)F. The molecular formula is C27H22F3NO4. The summed E-state index contributed by atoms with van der Waals surface area (Å²) < 4.78 is 53.9. The van der Waals surface area contributed by atoms with Crippen LogP contribution in [-0.2, 0) is 19.8 Å². The van der Waals surface area contributed by atoms with Gasteiger partial charge in [-0.15, -0.1) is 13.2 Å². The molecule has 0 saturated carbocycles. The van der Waals surface area contributed by atoms with Crippen LogP contribution in [0, 0.1) is 0 Å². The molecule has 35 heavy (non-hydrogen) atoms. The van der Waals surface area contributed by atoms with Gasteiger partial charge >= 0.3 is 6.36 Å². The van der Waals surface area contributed by atoms with Crippen LogP contribution < -0.4 is 14.2 Å². The molecule has 0 atom stereocenters. The fraction of sp³-hybridized carbons (Fsp3) is 0.148. The molecule has 0 aliphatic rings. The minimum Gasteiger partial charge on any atom is -0.473 e. The van der Waals surface area contributed by atoms with Crippen LogP contribution in [0.5, 0.6) is 17.5 Å². The first kappa shape index (κ1) is 24.1. The van der Waals surface area contributed by atoms with Crippen molar-refractivity contribution in [1.29, 1.82) is 0 Å². The number of aromatic nitrogens is 1. The molecule has 8 heteroatoms. The summed E-state index contributed by atoms with van der Waals surface area (Å²) in [6.45, 7) is -0.0975. The fourth-order valence-electron chi connectivity index (χ4n) is 3.39. The zero-order chi connectivity index (χ0) is 24.7. The first-order valence-corrected chi connectivity index (χ1v) is 10.8. The number of pyridine rings is 1. The number of hydrogen-bond donors (Lipinski definition) is 1. The lowest BCUT2D eigenvalue weighted by atomic mass is 10.0. The van der Waals surface area contributed by atoms with E-state index >= 15 is 0 Å². The highest BCUT2D eigenvalue weighted by Crippen LogP contribution is 2.35. The largest absolute Gasteiger partial charge is 0.573 e. The predicted octanol–water partition coefficient (Wildman–Crippen LogP) is 6.30. The molecule has 0 amide bonds. The molecule has 3 aromatic carbocycles. The molecule has 0 unspecified atom stereocenters. The van der Waals surface area contributed by atoms with Gasteiger partial charge in [-0.1, -0.05) is 66.7 Å². The third-order valence-corrected chi connectivity index (χ3v) is 5.05. The van der Waals surface area contributed by atoms with Gasteiger partial charge in [0.2, 0.25) is 11.8 Å². The second-order valence-corrected chi connectivity index (χ2v) is 7.58. The maximum Gasteiger partial charge on any atom is 0.573 e. The smallest absolute Gasteiger partial charge is 0.473 e. The van der Waals surface area contributed by atoms with Crippen molar-refractivity contribution in [2.75, 3.05) is 0 Å². The van der Waals surface area contributed by atoms with Crippen molar-refractivity contribution in [3.05, 3.63) is 108 Å². The molecule has 0 saturated heterocycles. The topological polar surface area (TPSA) is 60.8 Å². The van der Waals surface area contributed by atoms with Gasteiger partial charge in [0.05, 0.1) is 6.61 Å². The van der Waals surface area contributed by atoms with Crippen LogP contribution in [0.3, 0.4) is 0 Å². The Morgan fingerprint density at radius 2 is 1.37 bits per heavy atom. The molecule has 0 spiro atoms. The lowest BCUT2D eigenvalue weighted by Crippen LogP contribution is -2.18. The summed E-state index contributed by atoms with van der Waals surface area (Å²) in [6.07, 6.45) is -4.87. The predicted molar refractivity (Wildman–Crippen MR) is 124 cm³/mol. The number of halogens is 3. The molecule has 0 radical (unpaired) electrons. The zero-order valence-electron chi connectivity index (χ0n) is 18.5. The van der Waals surface area contributed by atoms with E-state index in [1.807, 2.05) is 60.7 Å². The highest BCUT2D eigenvalue weighted by atomic mass is 19.4. The van der Waals surface area contributed by atoms with E-state index in [2.05, 4.69) is 9.72 Å². The van der Waals surface area contributed by atoms with Crippen LogP contribution in [0.2, 0.25) is 0 Å². The Balaban J connectivity index is 1.64. The molecule has 1 N–H and O–H groups in total. The van der Waals surface area contributed by atoms with Crippen LogP contribution in [0.4, 0.5) is 13.2 Å². The van der Waals surface area contributed by atoms with Crippen molar-refractivity contribution in [3.8, 4) is 28.6 Å². The maximum atomic E-state index is 12.7. The van der Waals surface area contributed by atoms with Crippen molar-refractivity contribution >= 4 is 0 Å². The summed E-state index contributed by atoms with van der Waals surface area (Å²) >= 11 is 0. The molecular weight excluding hydrogens is 459 g/mol. The Labute approximate surface area is 200 Å². The van der Waals surface area contributed by atoms with Crippen LogP contribution in [-0.4, -0.2) is 16.5 Å². The van der Waals surface area contributed by atoms with E-state index in [1.54, 1.807) is 12.1 Å². The first-order valence-electron chi connectivity index (χ1n) is 10.8. The molecule has 180 valence electrons. The van der Waals surface area contributed by atoms with Gasteiger partial charge < -0.3 is 19.3 Å². The van der Waals surface area contributed by atoms with E-state index < -0.39 is 18.7 Å². The van der Waals surface area contributed by atoms with E-state index in [0.717, 1.165) is 17.2 Å². The average Bonchev–Trinajstić information content (AvgIpc) is 2.87. The van der Waals surface area contributed by atoms with E-state index in [4.69, 9.17) is 9.47 Å². The number of ether oxygens (including phenoxy) is 3. The Hall–Kier alpha value is -4.04. The molecule has 1 aromatic heterocycles. The van der Waals surface area contributed by atoms with E-state index in [0.29, 0.717) is 23.6 Å². The van der Waals surface area contributed by atoms with Crippen molar-refractivity contribution in [1.82, 2.24) is 4.98 Å². The quantitative estimate of drug-likeness (QED) is 0.304. The van der Waals surface area contributed by atoms with E-state index in [-0.39, 0.29) is 18.1 Å². The van der Waals surface area contributed by atoms with Crippen molar-refractivity contribution in [2.24, 2.45) is 0 Å². The van der Waals surface area contributed by atoms with Gasteiger partial charge in [0.25, 0.3) is 0 Å². The molecule has 4 rings (SSSR count). The van der Waals surface area contributed by atoms with Crippen LogP contribution in [0.1, 0.15) is 16.7 Å². The van der Waals surface area contributed by atoms with E-state index in [9.17, 15) is 18.3 Å². The number of aliphatic hydroxyl groups is 1.